The first-order chi connectivity index (χ1) is 17.6. The van der Waals surface area contributed by atoms with Gasteiger partial charge in [0, 0.05) is 27.9 Å². The van der Waals surface area contributed by atoms with Crippen molar-refractivity contribution in [2.45, 2.75) is 13.2 Å². The summed E-state index contributed by atoms with van der Waals surface area (Å²) in [4.78, 5) is 17.3. The van der Waals surface area contributed by atoms with E-state index in [9.17, 15) is 9.18 Å². The molecule has 0 radical (unpaired) electrons. The molecule has 8 nitrogen and oxygen atoms in total. The number of hydrogen-bond donors (Lipinski definition) is 2. The Labute approximate surface area is 206 Å². The first-order valence-corrected chi connectivity index (χ1v) is 11.2. The number of anilines is 1. The number of amides is 1. The van der Waals surface area contributed by atoms with Crippen LogP contribution in [0.25, 0.3) is 22.4 Å². The molecule has 2 aromatic heterocycles. The number of para-hydroxylation sites is 1. The predicted molar refractivity (Wildman–Crippen MR) is 133 cm³/mol. The van der Waals surface area contributed by atoms with Gasteiger partial charge in [-0.2, -0.15) is 0 Å². The van der Waals surface area contributed by atoms with E-state index in [1.807, 2.05) is 36.4 Å². The lowest BCUT2D eigenvalue weighted by Crippen LogP contribution is -2.12. The molecule has 0 bridgehead atoms. The summed E-state index contributed by atoms with van der Waals surface area (Å²) in [5, 5.41) is 13.1. The second-order valence-electron chi connectivity index (χ2n) is 8.02. The fourth-order valence-electron chi connectivity index (χ4n) is 3.76. The Morgan fingerprint density at radius 2 is 1.83 bits per heavy atom. The van der Waals surface area contributed by atoms with E-state index in [1.165, 1.54) is 6.07 Å². The Bertz CT molecular complexity index is 1540. The predicted octanol–water partition coefficient (Wildman–Crippen LogP) is 5.14. The van der Waals surface area contributed by atoms with Crippen LogP contribution < -0.4 is 10.1 Å². The molecule has 5 rings (SSSR count). The lowest BCUT2D eigenvalue weighted by Gasteiger charge is -2.11. The van der Waals surface area contributed by atoms with E-state index in [2.05, 4.69) is 25.7 Å². The van der Waals surface area contributed by atoms with Gasteiger partial charge in [-0.15, -0.1) is 5.10 Å². The van der Waals surface area contributed by atoms with Gasteiger partial charge in [-0.05, 0) is 42.5 Å². The third kappa shape index (κ3) is 5.06. The van der Waals surface area contributed by atoms with Gasteiger partial charge in [-0.3, -0.25) is 4.79 Å². The number of methoxy groups -OCH3 is 1. The number of H-pyrrole nitrogens is 1. The van der Waals surface area contributed by atoms with Gasteiger partial charge in [-0.1, -0.05) is 41.6 Å². The molecule has 0 spiro atoms. The van der Waals surface area contributed by atoms with Gasteiger partial charge in [0.25, 0.3) is 5.91 Å². The van der Waals surface area contributed by atoms with Crippen molar-refractivity contribution in [3.63, 3.8) is 0 Å². The van der Waals surface area contributed by atoms with Crippen molar-refractivity contribution < 1.29 is 18.7 Å². The second kappa shape index (κ2) is 10.3. The van der Waals surface area contributed by atoms with Crippen LogP contribution in [-0.2, 0) is 18.0 Å². The zero-order valence-corrected chi connectivity index (χ0v) is 19.4. The number of nitrogens with zero attached hydrogens (tertiary/aromatic N) is 3. The minimum Gasteiger partial charge on any atom is -0.496 e. The molecular weight excluding hydrogens is 461 g/mol. The lowest BCUT2D eigenvalue weighted by molar-refractivity contribution is 0.102. The van der Waals surface area contributed by atoms with Crippen molar-refractivity contribution in [1.82, 2.24) is 20.4 Å². The second-order valence-corrected chi connectivity index (χ2v) is 8.02. The molecule has 0 atom stereocenters. The topological polar surface area (TPSA) is 102 Å². The third-order valence-corrected chi connectivity index (χ3v) is 5.63. The monoisotopic (exact) mass is 483 g/mol. The van der Waals surface area contributed by atoms with Gasteiger partial charge in [-0.25, -0.2) is 14.5 Å². The van der Waals surface area contributed by atoms with Crippen molar-refractivity contribution >= 4 is 22.8 Å². The van der Waals surface area contributed by atoms with Gasteiger partial charge in [0.15, 0.2) is 5.65 Å². The highest BCUT2D eigenvalue weighted by Gasteiger charge is 2.12. The van der Waals surface area contributed by atoms with E-state index in [1.54, 1.807) is 43.5 Å². The van der Waals surface area contributed by atoms with E-state index in [0.29, 0.717) is 33.7 Å². The van der Waals surface area contributed by atoms with Gasteiger partial charge in [0.1, 0.15) is 17.1 Å². The molecule has 36 heavy (non-hydrogen) atoms. The third-order valence-electron chi connectivity index (χ3n) is 5.63. The molecular formula is C27H22FN5O3. The van der Waals surface area contributed by atoms with Crippen LogP contribution in [0.2, 0.25) is 0 Å². The molecule has 3 aromatic carbocycles. The molecule has 0 fully saturated rings. The quantitative estimate of drug-likeness (QED) is 0.317. The summed E-state index contributed by atoms with van der Waals surface area (Å²) in [5.41, 5.74) is 4.68. The van der Waals surface area contributed by atoms with E-state index in [4.69, 9.17) is 9.47 Å². The fraction of sp³-hybridized carbons (Fsp3) is 0.111. The van der Waals surface area contributed by atoms with Crippen molar-refractivity contribution in [2.75, 3.05) is 12.4 Å². The van der Waals surface area contributed by atoms with Crippen LogP contribution in [0.15, 0.2) is 78.9 Å². The van der Waals surface area contributed by atoms with E-state index in [0.717, 1.165) is 16.9 Å². The zero-order valence-electron chi connectivity index (χ0n) is 19.4. The molecule has 0 saturated heterocycles. The molecule has 5 aromatic rings. The minimum atomic E-state index is -0.466. The first-order valence-electron chi connectivity index (χ1n) is 11.2. The summed E-state index contributed by atoms with van der Waals surface area (Å²) in [6, 6.07) is 22.7. The maximum Gasteiger partial charge on any atom is 0.255 e. The van der Waals surface area contributed by atoms with Gasteiger partial charge in [0.05, 0.1) is 26.0 Å². The van der Waals surface area contributed by atoms with Crippen molar-refractivity contribution in [1.29, 1.82) is 0 Å². The molecule has 0 aliphatic rings. The van der Waals surface area contributed by atoms with Gasteiger partial charge < -0.3 is 14.8 Å². The minimum absolute atomic E-state index is 0.0867. The highest BCUT2D eigenvalue weighted by molar-refractivity contribution is 6.05. The number of carbonyl (C=O) groups is 1. The Balaban J connectivity index is 1.24. The summed E-state index contributed by atoms with van der Waals surface area (Å²) < 4.78 is 25.7. The van der Waals surface area contributed by atoms with Crippen LogP contribution in [0.4, 0.5) is 10.1 Å². The SMILES string of the molecule is COc1ccccc1COCc1ccc(NC(=O)c2cccc(-c3ccc4nn[nH]c4n3)c2)cc1F. The number of halogens is 1. The standard InChI is InChI=1S/C27H22FN5O3/c1-35-25-8-3-2-5-20(25)16-36-15-19-9-10-21(14-22(19)28)29-27(34)18-7-4-6-17(13-18)23-11-12-24-26(30-23)32-33-31-24/h2-14H,15-16H2,1H3,(H,29,34)(H,30,31,32,33). The summed E-state index contributed by atoms with van der Waals surface area (Å²) in [6.45, 7) is 0.375. The van der Waals surface area contributed by atoms with E-state index < -0.39 is 5.82 Å². The van der Waals surface area contributed by atoms with Crippen LogP contribution in [0.1, 0.15) is 21.5 Å². The zero-order chi connectivity index (χ0) is 24.9. The molecule has 0 aliphatic heterocycles. The normalized spacial score (nSPS) is 10.9. The molecule has 180 valence electrons. The fourth-order valence-corrected chi connectivity index (χ4v) is 3.76. The number of aromatic amines is 1. The molecule has 1 amide bonds. The average Bonchev–Trinajstić information content (AvgIpc) is 3.38. The number of benzene rings is 3. The molecule has 2 N–H and O–H groups in total. The van der Waals surface area contributed by atoms with E-state index in [-0.39, 0.29) is 19.1 Å². The summed E-state index contributed by atoms with van der Waals surface area (Å²) >= 11 is 0. The highest BCUT2D eigenvalue weighted by Crippen LogP contribution is 2.23. The number of pyridine rings is 1. The number of ether oxygens (including phenoxy) is 2. The van der Waals surface area contributed by atoms with Crippen LogP contribution >= 0.6 is 0 Å². The van der Waals surface area contributed by atoms with Crippen molar-refractivity contribution in [2.24, 2.45) is 0 Å². The number of rotatable bonds is 8. The maximum absolute atomic E-state index is 14.7. The Morgan fingerprint density at radius 1 is 0.972 bits per heavy atom. The summed E-state index contributed by atoms with van der Waals surface area (Å²) in [6.07, 6.45) is 0. The number of hydrogen-bond acceptors (Lipinski definition) is 6. The molecule has 0 saturated carbocycles. The van der Waals surface area contributed by atoms with Crippen LogP contribution in [-0.4, -0.2) is 33.4 Å². The number of carbonyl (C=O) groups excluding carboxylic acids is 1. The van der Waals surface area contributed by atoms with Crippen molar-refractivity contribution in [3.8, 4) is 17.0 Å². The number of nitrogens with one attached hydrogen (secondary N) is 2. The Morgan fingerprint density at radius 3 is 2.69 bits per heavy atom. The number of fused-ring (bicyclic) bond motifs is 1. The van der Waals surface area contributed by atoms with Crippen LogP contribution in [0.5, 0.6) is 5.75 Å². The largest absolute Gasteiger partial charge is 0.496 e. The lowest BCUT2D eigenvalue weighted by atomic mass is 10.1. The molecule has 0 aliphatic carbocycles. The molecule has 2 heterocycles. The molecule has 0 unspecified atom stereocenters. The Hall–Kier alpha value is -4.63. The van der Waals surface area contributed by atoms with Gasteiger partial charge in [0.2, 0.25) is 0 Å². The van der Waals surface area contributed by atoms with Crippen LogP contribution in [0.3, 0.4) is 0 Å². The Kier molecular flexibility index (Phi) is 6.63. The van der Waals surface area contributed by atoms with Crippen molar-refractivity contribution in [3.05, 3.63) is 101 Å². The van der Waals surface area contributed by atoms with Gasteiger partial charge >= 0.3 is 0 Å². The number of aromatic nitrogens is 4. The highest BCUT2D eigenvalue weighted by atomic mass is 19.1. The van der Waals surface area contributed by atoms with Crippen LogP contribution in [0, 0.1) is 5.82 Å². The average molecular weight is 484 g/mol. The maximum atomic E-state index is 14.7. The summed E-state index contributed by atoms with van der Waals surface area (Å²) in [7, 11) is 1.59. The molecule has 9 heteroatoms. The first kappa shape index (κ1) is 23.1. The smallest absolute Gasteiger partial charge is 0.255 e. The van der Waals surface area contributed by atoms with E-state index >= 15 is 0 Å². The summed E-state index contributed by atoms with van der Waals surface area (Å²) in [5.74, 6) is -0.109.